The molecule has 0 saturated carbocycles. The molecule has 118 valence electrons. The molecule has 1 rings (SSSR count). The molecule has 0 aliphatic rings. The van der Waals surface area contributed by atoms with Crippen LogP contribution in [0.5, 0.6) is 0 Å². The van der Waals surface area contributed by atoms with Crippen LogP contribution in [-0.4, -0.2) is 46.3 Å². The summed E-state index contributed by atoms with van der Waals surface area (Å²) in [6.45, 7) is 6.33. The molecular formula is C14H24N4O3. The van der Waals surface area contributed by atoms with Crippen LogP contribution in [-0.2, 0) is 21.4 Å². The van der Waals surface area contributed by atoms with Gasteiger partial charge < -0.3 is 15.4 Å². The lowest BCUT2D eigenvalue weighted by atomic mass is 10.1. The quantitative estimate of drug-likeness (QED) is 0.739. The van der Waals surface area contributed by atoms with Crippen molar-refractivity contribution in [2.45, 2.75) is 26.8 Å². The molecule has 1 atom stereocenters. The van der Waals surface area contributed by atoms with E-state index in [1.807, 2.05) is 13.8 Å². The van der Waals surface area contributed by atoms with Crippen molar-refractivity contribution in [3.05, 3.63) is 18.0 Å². The molecule has 0 radical (unpaired) electrons. The summed E-state index contributed by atoms with van der Waals surface area (Å²) in [6.07, 6.45) is 3.25. The van der Waals surface area contributed by atoms with Crippen LogP contribution < -0.4 is 5.73 Å². The minimum Gasteiger partial charge on any atom is -0.465 e. The summed E-state index contributed by atoms with van der Waals surface area (Å²) in [5, 5.41) is 4.01. The lowest BCUT2D eigenvalue weighted by Gasteiger charge is -2.26. The molecule has 1 unspecified atom stereocenters. The first-order valence-corrected chi connectivity index (χ1v) is 7.03. The van der Waals surface area contributed by atoms with E-state index in [1.165, 1.54) is 4.90 Å². The number of hydrogen-bond donors (Lipinski definition) is 1. The Hall–Kier alpha value is -1.89. The predicted octanol–water partition coefficient (Wildman–Crippen LogP) is 0.468. The van der Waals surface area contributed by atoms with E-state index < -0.39 is 12.0 Å². The highest BCUT2D eigenvalue weighted by molar-refractivity contribution is 5.86. The smallest absolute Gasteiger partial charge is 0.325 e. The Balaban J connectivity index is 2.81. The van der Waals surface area contributed by atoms with E-state index in [4.69, 9.17) is 10.5 Å². The maximum absolute atomic E-state index is 12.5. The van der Waals surface area contributed by atoms with E-state index >= 15 is 0 Å². The van der Waals surface area contributed by atoms with Crippen LogP contribution in [0.2, 0.25) is 0 Å². The maximum atomic E-state index is 12.5. The molecule has 0 aromatic carbocycles. The molecule has 0 fully saturated rings. The standard InChI is InChI=1S/C14H24N4O3/c1-5-21-12(19)9-18(7-10(2)3)14(20)13(15)11-6-16-17(4)8-11/h6,8,10,13H,5,7,9,15H2,1-4H3. The lowest BCUT2D eigenvalue weighted by molar-refractivity contribution is -0.149. The second kappa shape index (κ2) is 7.78. The zero-order valence-electron chi connectivity index (χ0n) is 13.1. The van der Waals surface area contributed by atoms with E-state index in [0.29, 0.717) is 12.1 Å². The summed E-state index contributed by atoms with van der Waals surface area (Å²) in [7, 11) is 1.76. The van der Waals surface area contributed by atoms with Gasteiger partial charge in [0.15, 0.2) is 0 Å². The molecule has 7 nitrogen and oxygen atoms in total. The summed E-state index contributed by atoms with van der Waals surface area (Å²) < 4.78 is 6.49. The largest absolute Gasteiger partial charge is 0.465 e. The van der Waals surface area contributed by atoms with E-state index in [9.17, 15) is 9.59 Å². The predicted molar refractivity (Wildman–Crippen MR) is 78.2 cm³/mol. The molecule has 0 spiro atoms. The number of aryl methyl sites for hydroxylation is 1. The molecular weight excluding hydrogens is 272 g/mol. The molecule has 2 N–H and O–H groups in total. The molecule has 1 aromatic rings. The van der Waals surface area contributed by atoms with Crippen LogP contribution >= 0.6 is 0 Å². The highest BCUT2D eigenvalue weighted by Crippen LogP contribution is 2.13. The fourth-order valence-corrected chi connectivity index (χ4v) is 1.98. The number of carbonyl (C=O) groups is 2. The Bertz CT molecular complexity index is 484. The number of hydrogen-bond acceptors (Lipinski definition) is 5. The zero-order valence-corrected chi connectivity index (χ0v) is 13.1. The number of esters is 1. The van der Waals surface area contributed by atoms with Gasteiger partial charge in [-0.2, -0.15) is 5.10 Å². The highest BCUT2D eigenvalue weighted by atomic mass is 16.5. The monoisotopic (exact) mass is 296 g/mol. The third-order valence-corrected chi connectivity index (χ3v) is 2.87. The van der Waals surface area contributed by atoms with Crippen LogP contribution in [0.15, 0.2) is 12.4 Å². The van der Waals surface area contributed by atoms with E-state index in [1.54, 1.807) is 31.0 Å². The Morgan fingerprint density at radius 3 is 2.62 bits per heavy atom. The minimum atomic E-state index is -0.827. The van der Waals surface area contributed by atoms with Crippen LogP contribution in [0.3, 0.4) is 0 Å². The summed E-state index contributed by atoms with van der Waals surface area (Å²) in [4.78, 5) is 25.6. The van der Waals surface area contributed by atoms with Crippen molar-refractivity contribution in [3.63, 3.8) is 0 Å². The number of amides is 1. The fourth-order valence-electron chi connectivity index (χ4n) is 1.98. The fraction of sp³-hybridized carbons (Fsp3) is 0.643. The van der Waals surface area contributed by atoms with Gasteiger partial charge in [-0.1, -0.05) is 13.8 Å². The minimum absolute atomic E-state index is 0.0845. The van der Waals surface area contributed by atoms with E-state index in [-0.39, 0.29) is 25.0 Å². The molecule has 7 heteroatoms. The summed E-state index contributed by atoms with van der Waals surface area (Å²) >= 11 is 0. The molecule has 1 amide bonds. The third kappa shape index (κ3) is 5.18. The van der Waals surface area contributed by atoms with Gasteiger partial charge in [-0.05, 0) is 12.8 Å². The van der Waals surface area contributed by atoms with Crippen molar-refractivity contribution in [3.8, 4) is 0 Å². The number of carbonyl (C=O) groups excluding carboxylic acids is 2. The second-order valence-electron chi connectivity index (χ2n) is 5.34. The third-order valence-electron chi connectivity index (χ3n) is 2.87. The van der Waals surface area contributed by atoms with Gasteiger partial charge >= 0.3 is 5.97 Å². The Morgan fingerprint density at radius 2 is 2.14 bits per heavy atom. The average Bonchev–Trinajstić information content (AvgIpc) is 2.82. The first-order chi connectivity index (χ1) is 9.85. The first-order valence-electron chi connectivity index (χ1n) is 7.03. The van der Waals surface area contributed by atoms with Crippen molar-refractivity contribution < 1.29 is 14.3 Å². The zero-order chi connectivity index (χ0) is 16.0. The number of nitrogens with zero attached hydrogens (tertiary/aromatic N) is 3. The van der Waals surface area contributed by atoms with Gasteiger partial charge in [0, 0.05) is 25.4 Å². The van der Waals surface area contributed by atoms with E-state index in [0.717, 1.165) is 0 Å². The summed E-state index contributed by atoms with van der Waals surface area (Å²) in [6, 6.07) is -0.827. The SMILES string of the molecule is CCOC(=O)CN(CC(C)C)C(=O)C(N)c1cnn(C)c1. The van der Waals surface area contributed by atoms with Gasteiger partial charge in [-0.3, -0.25) is 14.3 Å². The van der Waals surface area contributed by atoms with Crippen LogP contribution in [0.4, 0.5) is 0 Å². The van der Waals surface area contributed by atoms with Crippen LogP contribution in [0.1, 0.15) is 32.4 Å². The molecule has 0 aliphatic heterocycles. The molecule has 21 heavy (non-hydrogen) atoms. The molecule has 0 bridgehead atoms. The number of ether oxygens (including phenoxy) is 1. The van der Waals surface area contributed by atoms with Crippen molar-refractivity contribution in [2.75, 3.05) is 19.7 Å². The second-order valence-corrected chi connectivity index (χ2v) is 5.34. The molecule has 0 saturated heterocycles. The van der Waals surface area contributed by atoms with Crippen LogP contribution in [0, 0.1) is 5.92 Å². The van der Waals surface area contributed by atoms with Gasteiger partial charge in [0.25, 0.3) is 0 Å². The van der Waals surface area contributed by atoms with E-state index in [2.05, 4.69) is 5.10 Å². The summed E-state index contributed by atoms with van der Waals surface area (Å²) in [5.41, 5.74) is 6.61. The Labute approximate surface area is 125 Å². The molecule has 1 heterocycles. The van der Waals surface area contributed by atoms with Gasteiger partial charge in [-0.25, -0.2) is 0 Å². The number of rotatable bonds is 7. The first kappa shape index (κ1) is 17.2. The molecule has 0 aliphatic carbocycles. The highest BCUT2D eigenvalue weighted by Gasteiger charge is 2.26. The van der Waals surface area contributed by atoms with Crippen LogP contribution in [0.25, 0.3) is 0 Å². The van der Waals surface area contributed by atoms with Crippen molar-refractivity contribution >= 4 is 11.9 Å². The van der Waals surface area contributed by atoms with Gasteiger partial charge in [0.05, 0.1) is 12.8 Å². The van der Waals surface area contributed by atoms with Crippen molar-refractivity contribution in [2.24, 2.45) is 18.7 Å². The normalized spacial score (nSPS) is 12.3. The topological polar surface area (TPSA) is 90.4 Å². The Kier molecular flexibility index (Phi) is 6.36. The van der Waals surface area contributed by atoms with Gasteiger partial charge in [0.1, 0.15) is 12.6 Å². The van der Waals surface area contributed by atoms with Gasteiger partial charge in [-0.15, -0.1) is 0 Å². The molecule has 1 aromatic heterocycles. The van der Waals surface area contributed by atoms with Crippen molar-refractivity contribution in [1.29, 1.82) is 0 Å². The number of nitrogens with two attached hydrogens (primary N) is 1. The average molecular weight is 296 g/mol. The maximum Gasteiger partial charge on any atom is 0.325 e. The summed E-state index contributed by atoms with van der Waals surface area (Å²) in [5.74, 6) is -0.501. The van der Waals surface area contributed by atoms with Crippen molar-refractivity contribution in [1.82, 2.24) is 14.7 Å². The lowest BCUT2D eigenvalue weighted by Crippen LogP contribution is -2.43. The van der Waals surface area contributed by atoms with Gasteiger partial charge in [0.2, 0.25) is 5.91 Å². The Morgan fingerprint density at radius 1 is 1.48 bits per heavy atom. The number of aromatic nitrogens is 2.